The number of esters is 1. The predicted molar refractivity (Wildman–Crippen MR) is 127 cm³/mol. The second kappa shape index (κ2) is 11.3. The molecule has 0 fully saturated rings. The van der Waals surface area contributed by atoms with E-state index in [0.717, 1.165) is 12.1 Å². The van der Waals surface area contributed by atoms with Crippen LogP contribution in [0.3, 0.4) is 0 Å². The van der Waals surface area contributed by atoms with Gasteiger partial charge in [0.25, 0.3) is 5.91 Å². The van der Waals surface area contributed by atoms with E-state index in [1.165, 1.54) is 7.11 Å². The van der Waals surface area contributed by atoms with Crippen molar-refractivity contribution >= 4 is 22.8 Å². The smallest absolute Gasteiger partial charge is 0.328 e. The van der Waals surface area contributed by atoms with Gasteiger partial charge in [-0.1, -0.05) is 13.8 Å². The Morgan fingerprint density at radius 3 is 2.51 bits per heavy atom. The largest absolute Gasteiger partial charge is 0.467 e. The van der Waals surface area contributed by atoms with E-state index in [-0.39, 0.29) is 17.1 Å². The third kappa shape index (κ3) is 6.54. The maximum absolute atomic E-state index is 14.3. The van der Waals surface area contributed by atoms with E-state index < -0.39 is 29.6 Å². The molecule has 0 bridgehead atoms. The molecule has 1 heterocycles. The van der Waals surface area contributed by atoms with Crippen LogP contribution in [-0.4, -0.2) is 60.3 Å². The van der Waals surface area contributed by atoms with Crippen molar-refractivity contribution in [3.8, 4) is 11.5 Å². The predicted octanol–water partition coefficient (Wildman–Crippen LogP) is 3.99. The highest BCUT2D eigenvalue weighted by Gasteiger charge is 2.25. The lowest BCUT2D eigenvalue weighted by Gasteiger charge is -2.20. The van der Waals surface area contributed by atoms with E-state index in [0.29, 0.717) is 42.4 Å². The number of fused-ring (bicyclic) bond motifs is 1. The van der Waals surface area contributed by atoms with Gasteiger partial charge < -0.3 is 19.7 Å². The van der Waals surface area contributed by atoms with E-state index in [1.807, 2.05) is 32.8 Å². The van der Waals surface area contributed by atoms with Gasteiger partial charge in [-0.25, -0.2) is 13.6 Å². The number of carbonyl (C=O) groups excluding carboxylic acids is 2. The first-order chi connectivity index (χ1) is 16.6. The number of hydrogen-bond donors (Lipinski definition) is 1. The molecule has 0 aliphatic rings. The molecular formula is C25H30F2N4O4. The third-order valence-corrected chi connectivity index (χ3v) is 5.30. The molecule has 188 valence electrons. The molecule has 1 unspecified atom stereocenters. The number of amides is 1. The number of ether oxygens (including phenoxy) is 2. The van der Waals surface area contributed by atoms with Crippen LogP contribution in [0.25, 0.3) is 10.9 Å². The zero-order valence-electron chi connectivity index (χ0n) is 20.5. The molecule has 1 N–H and O–H groups in total. The Kier molecular flexibility index (Phi) is 8.39. The number of nitrogens with zero attached hydrogens (tertiary/aromatic N) is 3. The Bertz CT molecular complexity index is 1210. The van der Waals surface area contributed by atoms with Crippen molar-refractivity contribution in [2.45, 2.75) is 32.9 Å². The maximum Gasteiger partial charge on any atom is 0.328 e. The number of halogens is 2. The van der Waals surface area contributed by atoms with Crippen LogP contribution < -0.4 is 10.1 Å². The molecule has 0 spiro atoms. The average Bonchev–Trinajstić information content (AvgIpc) is 3.17. The molecule has 0 aliphatic heterocycles. The molecule has 8 nitrogen and oxygen atoms in total. The van der Waals surface area contributed by atoms with Crippen LogP contribution in [0.15, 0.2) is 36.5 Å². The number of carbonyl (C=O) groups is 2. The molecule has 35 heavy (non-hydrogen) atoms. The average molecular weight is 489 g/mol. The second-order valence-electron chi connectivity index (χ2n) is 8.95. The molecule has 3 aromatic rings. The normalized spacial score (nSPS) is 12.3. The Balaban J connectivity index is 2.03. The molecule has 0 radical (unpaired) electrons. The molecule has 3 rings (SSSR count). The molecule has 1 atom stereocenters. The van der Waals surface area contributed by atoms with E-state index in [9.17, 15) is 18.4 Å². The molecule has 1 amide bonds. The van der Waals surface area contributed by atoms with Gasteiger partial charge in [-0.2, -0.15) is 5.10 Å². The summed E-state index contributed by atoms with van der Waals surface area (Å²) in [5, 5.41) is 7.77. The highest BCUT2D eigenvalue weighted by molar-refractivity contribution is 6.02. The molecule has 0 aliphatic carbocycles. The molecule has 0 saturated carbocycles. The summed E-state index contributed by atoms with van der Waals surface area (Å²) >= 11 is 0. The van der Waals surface area contributed by atoms with Crippen LogP contribution >= 0.6 is 0 Å². The fraction of sp³-hybridized carbons (Fsp3) is 0.400. The van der Waals surface area contributed by atoms with Gasteiger partial charge in [0.15, 0.2) is 11.6 Å². The van der Waals surface area contributed by atoms with Crippen molar-refractivity contribution in [1.82, 2.24) is 20.0 Å². The fourth-order valence-corrected chi connectivity index (χ4v) is 3.55. The summed E-state index contributed by atoms with van der Waals surface area (Å²) in [6, 6.07) is 5.17. The minimum atomic E-state index is -0.912. The van der Waals surface area contributed by atoms with Gasteiger partial charge in [-0.15, -0.1) is 0 Å². The van der Waals surface area contributed by atoms with Crippen LogP contribution in [0.2, 0.25) is 0 Å². The highest BCUT2D eigenvalue weighted by Crippen LogP contribution is 2.32. The minimum absolute atomic E-state index is 0.0424. The van der Waals surface area contributed by atoms with Crippen molar-refractivity contribution in [2.75, 3.05) is 27.7 Å². The topological polar surface area (TPSA) is 85.7 Å². The Labute approximate surface area is 202 Å². The van der Waals surface area contributed by atoms with E-state index in [1.54, 1.807) is 23.0 Å². The van der Waals surface area contributed by atoms with Crippen molar-refractivity contribution in [3.63, 3.8) is 0 Å². The van der Waals surface area contributed by atoms with Crippen LogP contribution in [0.1, 0.15) is 30.6 Å². The van der Waals surface area contributed by atoms with Gasteiger partial charge >= 0.3 is 5.97 Å². The van der Waals surface area contributed by atoms with E-state index in [2.05, 4.69) is 10.4 Å². The van der Waals surface area contributed by atoms with E-state index >= 15 is 0 Å². The van der Waals surface area contributed by atoms with Crippen molar-refractivity contribution in [2.24, 2.45) is 5.92 Å². The second-order valence-corrected chi connectivity index (χ2v) is 8.95. The number of aromatic nitrogens is 2. The van der Waals surface area contributed by atoms with Crippen molar-refractivity contribution < 1.29 is 27.8 Å². The Morgan fingerprint density at radius 2 is 1.89 bits per heavy atom. The number of benzene rings is 2. The van der Waals surface area contributed by atoms with Crippen LogP contribution in [0.5, 0.6) is 11.5 Å². The lowest BCUT2D eigenvalue weighted by Crippen LogP contribution is -2.43. The number of hydrogen-bond acceptors (Lipinski definition) is 6. The zero-order chi connectivity index (χ0) is 25.7. The van der Waals surface area contributed by atoms with Gasteiger partial charge in [0.05, 0.1) is 24.4 Å². The molecule has 2 aromatic carbocycles. The van der Waals surface area contributed by atoms with Crippen LogP contribution in [-0.2, 0) is 16.1 Å². The van der Waals surface area contributed by atoms with Gasteiger partial charge in [0.2, 0.25) is 0 Å². The van der Waals surface area contributed by atoms with Crippen molar-refractivity contribution in [1.29, 1.82) is 0 Å². The standard InChI is InChI=1S/C25H30F2N4O4/c1-15(2)14-31-21-12-18(24(32)29-20(25(33)34-5)8-9-30(3)4)23(10-16(21)13-28-31)35-22-7-6-17(26)11-19(22)27/h6-7,10-13,15,20H,8-9,14H2,1-5H3,(H,29,32). The SMILES string of the molecule is COC(=O)C(CCN(C)C)NC(=O)c1cc2c(cnn2CC(C)C)cc1Oc1ccc(F)cc1F. The summed E-state index contributed by atoms with van der Waals surface area (Å²) in [6.45, 7) is 5.23. The molecule has 0 saturated heterocycles. The first kappa shape index (κ1) is 26.1. The lowest BCUT2D eigenvalue weighted by atomic mass is 10.1. The highest BCUT2D eigenvalue weighted by atomic mass is 19.1. The van der Waals surface area contributed by atoms with Crippen LogP contribution in [0, 0.1) is 17.6 Å². The van der Waals surface area contributed by atoms with Gasteiger partial charge in [-0.3, -0.25) is 9.48 Å². The fourth-order valence-electron chi connectivity index (χ4n) is 3.55. The summed E-state index contributed by atoms with van der Waals surface area (Å²) in [4.78, 5) is 27.6. The lowest BCUT2D eigenvalue weighted by molar-refractivity contribution is -0.143. The summed E-state index contributed by atoms with van der Waals surface area (Å²) in [5.41, 5.74) is 0.754. The Hall–Kier alpha value is -3.53. The summed E-state index contributed by atoms with van der Waals surface area (Å²) in [7, 11) is 4.95. The third-order valence-electron chi connectivity index (χ3n) is 5.30. The first-order valence-electron chi connectivity index (χ1n) is 11.2. The Morgan fingerprint density at radius 1 is 1.14 bits per heavy atom. The first-order valence-corrected chi connectivity index (χ1v) is 11.2. The minimum Gasteiger partial charge on any atom is -0.467 e. The van der Waals surface area contributed by atoms with E-state index in [4.69, 9.17) is 9.47 Å². The zero-order valence-corrected chi connectivity index (χ0v) is 20.5. The van der Waals surface area contributed by atoms with Gasteiger partial charge in [0, 0.05) is 24.5 Å². The molecule has 10 heteroatoms. The van der Waals surface area contributed by atoms with Crippen molar-refractivity contribution in [3.05, 3.63) is 53.7 Å². The summed E-state index contributed by atoms with van der Waals surface area (Å²) in [5.74, 6) is -2.75. The molecular weight excluding hydrogens is 458 g/mol. The van der Waals surface area contributed by atoms with Crippen LogP contribution in [0.4, 0.5) is 8.78 Å². The number of nitrogens with one attached hydrogen (secondary N) is 1. The molecule has 1 aromatic heterocycles. The summed E-state index contributed by atoms with van der Waals surface area (Å²) in [6.07, 6.45) is 1.95. The monoisotopic (exact) mass is 488 g/mol. The summed E-state index contributed by atoms with van der Waals surface area (Å²) < 4.78 is 40.0. The number of rotatable bonds is 10. The quantitative estimate of drug-likeness (QED) is 0.435. The maximum atomic E-state index is 14.3. The van der Waals surface area contributed by atoms with Gasteiger partial charge in [0.1, 0.15) is 17.6 Å². The number of methoxy groups -OCH3 is 1. The van der Waals surface area contributed by atoms with Gasteiger partial charge in [-0.05, 0) is 50.7 Å².